The minimum Gasteiger partial charge on any atom is -0.406 e. The molecule has 23 heavy (non-hydrogen) atoms. The van der Waals surface area contributed by atoms with E-state index in [9.17, 15) is 18.0 Å². The number of carbonyl (C=O) groups excluding carboxylic acids is 1. The topological polar surface area (TPSA) is 29.5 Å². The molecule has 1 aromatic carbocycles. The van der Waals surface area contributed by atoms with Crippen molar-refractivity contribution in [2.45, 2.75) is 39.5 Å². The van der Waals surface area contributed by atoms with Crippen molar-refractivity contribution < 1.29 is 22.7 Å². The van der Waals surface area contributed by atoms with Crippen molar-refractivity contribution in [2.75, 3.05) is 13.1 Å². The Labute approximate surface area is 134 Å². The van der Waals surface area contributed by atoms with Gasteiger partial charge >= 0.3 is 6.36 Å². The Bertz CT molecular complexity index is 528. The minimum absolute atomic E-state index is 0.0276. The number of halogens is 3. The fourth-order valence-corrected chi connectivity index (χ4v) is 3.00. The van der Waals surface area contributed by atoms with Crippen molar-refractivity contribution in [1.29, 1.82) is 0 Å². The molecule has 1 aliphatic heterocycles. The van der Waals surface area contributed by atoms with Crippen LogP contribution in [0.1, 0.15) is 32.3 Å². The molecule has 1 heterocycles. The Balaban J connectivity index is 1.92. The first kappa shape index (κ1) is 17.6. The fourth-order valence-electron chi connectivity index (χ4n) is 3.00. The zero-order valence-electron chi connectivity index (χ0n) is 13.4. The van der Waals surface area contributed by atoms with Crippen molar-refractivity contribution in [3.63, 3.8) is 0 Å². The summed E-state index contributed by atoms with van der Waals surface area (Å²) in [5.74, 6) is 0.907. The largest absolute Gasteiger partial charge is 0.573 e. The van der Waals surface area contributed by atoms with E-state index in [4.69, 9.17) is 0 Å². The lowest BCUT2D eigenvalue weighted by atomic mass is 9.85. The molecule has 0 aromatic heterocycles. The third kappa shape index (κ3) is 5.15. The maximum atomic E-state index is 12.4. The number of piperidine rings is 1. The Hall–Kier alpha value is -1.72. The van der Waals surface area contributed by atoms with Crippen molar-refractivity contribution in [2.24, 2.45) is 11.8 Å². The van der Waals surface area contributed by atoms with Gasteiger partial charge in [0.05, 0.1) is 6.42 Å². The molecule has 3 nitrogen and oxygen atoms in total. The van der Waals surface area contributed by atoms with Gasteiger partial charge in [-0.3, -0.25) is 4.79 Å². The highest BCUT2D eigenvalue weighted by atomic mass is 19.4. The van der Waals surface area contributed by atoms with Crippen LogP contribution in [-0.2, 0) is 11.2 Å². The van der Waals surface area contributed by atoms with Crippen LogP contribution in [0, 0.1) is 11.8 Å². The van der Waals surface area contributed by atoms with Crippen LogP contribution in [0.2, 0.25) is 0 Å². The van der Waals surface area contributed by atoms with Crippen LogP contribution in [0.25, 0.3) is 0 Å². The lowest BCUT2D eigenvalue weighted by Crippen LogP contribution is -2.43. The normalized spacial score (nSPS) is 22.0. The van der Waals surface area contributed by atoms with Crippen LogP contribution in [-0.4, -0.2) is 30.3 Å². The van der Waals surface area contributed by atoms with Gasteiger partial charge in [0.15, 0.2) is 0 Å². The van der Waals surface area contributed by atoms with E-state index in [0.29, 0.717) is 17.4 Å². The van der Waals surface area contributed by atoms with E-state index in [1.165, 1.54) is 24.3 Å². The molecule has 0 aliphatic carbocycles. The molecule has 0 N–H and O–H groups in total. The molecule has 1 aromatic rings. The molecule has 2 atom stereocenters. The monoisotopic (exact) mass is 329 g/mol. The molecular formula is C17H22F3NO2. The minimum atomic E-state index is -4.70. The van der Waals surface area contributed by atoms with Gasteiger partial charge in [0.1, 0.15) is 5.75 Å². The zero-order valence-corrected chi connectivity index (χ0v) is 13.4. The maximum Gasteiger partial charge on any atom is 0.573 e. The molecule has 1 fully saturated rings. The summed E-state index contributed by atoms with van der Waals surface area (Å²) in [5.41, 5.74) is 0.691. The molecule has 0 spiro atoms. The van der Waals surface area contributed by atoms with Gasteiger partial charge in [-0.25, -0.2) is 0 Å². The molecule has 0 radical (unpaired) electrons. The number of hydrogen-bond acceptors (Lipinski definition) is 2. The number of benzene rings is 1. The second-order valence-corrected chi connectivity index (χ2v) is 6.14. The summed E-state index contributed by atoms with van der Waals surface area (Å²) < 4.78 is 40.2. The number of carbonyl (C=O) groups is 1. The van der Waals surface area contributed by atoms with Crippen LogP contribution in [0.5, 0.6) is 5.75 Å². The van der Waals surface area contributed by atoms with Crippen LogP contribution in [0.3, 0.4) is 0 Å². The molecule has 1 amide bonds. The van der Waals surface area contributed by atoms with Gasteiger partial charge in [-0.15, -0.1) is 13.2 Å². The van der Waals surface area contributed by atoms with Gasteiger partial charge < -0.3 is 9.64 Å². The number of alkyl halides is 3. The highest BCUT2D eigenvalue weighted by molar-refractivity contribution is 5.78. The first-order chi connectivity index (χ1) is 10.8. The number of ether oxygens (including phenoxy) is 1. The van der Waals surface area contributed by atoms with Gasteiger partial charge in [-0.05, 0) is 36.0 Å². The summed E-state index contributed by atoms with van der Waals surface area (Å²) in [6, 6.07) is 5.48. The standard InChI is InChI=1S/C17H22F3NO2/c1-3-14-11-21(9-8-12(14)2)16(22)10-13-4-6-15(7-5-13)23-17(18,19)20/h4-7,12,14H,3,8-11H2,1-2H3. The van der Waals surface area contributed by atoms with E-state index in [0.717, 1.165) is 25.9 Å². The van der Waals surface area contributed by atoms with Crippen LogP contribution < -0.4 is 4.74 Å². The summed E-state index contributed by atoms with van der Waals surface area (Å²) in [6.07, 6.45) is -2.44. The number of nitrogens with zero attached hydrogens (tertiary/aromatic N) is 1. The Kier molecular flexibility index (Phi) is 5.55. The number of likely N-dealkylation sites (tertiary alicyclic amines) is 1. The van der Waals surface area contributed by atoms with Crippen molar-refractivity contribution in [3.8, 4) is 5.75 Å². The number of hydrogen-bond donors (Lipinski definition) is 0. The predicted octanol–water partition coefficient (Wildman–Crippen LogP) is 4.02. The Morgan fingerprint density at radius 3 is 2.52 bits per heavy atom. The highest BCUT2D eigenvalue weighted by Crippen LogP contribution is 2.26. The molecule has 0 saturated carbocycles. The number of amides is 1. The second-order valence-electron chi connectivity index (χ2n) is 6.14. The highest BCUT2D eigenvalue weighted by Gasteiger charge is 2.31. The first-order valence-electron chi connectivity index (χ1n) is 7.91. The quantitative estimate of drug-likeness (QED) is 0.835. The van der Waals surface area contributed by atoms with Gasteiger partial charge in [0.25, 0.3) is 0 Å². The van der Waals surface area contributed by atoms with E-state index in [1.54, 1.807) is 0 Å². The summed E-state index contributed by atoms with van der Waals surface area (Å²) in [6.45, 7) is 5.88. The van der Waals surface area contributed by atoms with Crippen molar-refractivity contribution in [1.82, 2.24) is 4.90 Å². The third-order valence-electron chi connectivity index (χ3n) is 4.50. The predicted molar refractivity (Wildman–Crippen MR) is 81.0 cm³/mol. The maximum absolute atomic E-state index is 12.4. The third-order valence-corrected chi connectivity index (χ3v) is 4.50. The summed E-state index contributed by atoms with van der Waals surface area (Å²) >= 11 is 0. The lowest BCUT2D eigenvalue weighted by molar-refractivity contribution is -0.274. The van der Waals surface area contributed by atoms with Crippen molar-refractivity contribution in [3.05, 3.63) is 29.8 Å². The average Bonchev–Trinajstić information content (AvgIpc) is 2.48. The van der Waals surface area contributed by atoms with E-state index in [1.807, 2.05) is 4.90 Å². The van der Waals surface area contributed by atoms with Crippen LogP contribution >= 0.6 is 0 Å². The zero-order chi connectivity index (χ0) is 17.0. The molecular weight excluding hydrogens is 307 g/mol. The smallest absolute Gasteiger partial charge is 0.406 e. The van der Waals surface area contributed by atoms with Gasteiger partial charge in [-0.2, -0.15) is 0 Å². The summed E-state index contributed by atoms with van der Waals surface area (Å²) in [4.78, 5) is 14.2. The molecule has 0 bridgehead atoms. The lowest BCUT2D eigenvalue weighted by Gasteiger charge is -2.36. The van der Waals surface area contributed by atoms with Gasteiger partial charge in [0, 0.05) is 13.1 Å². The molecule has 2 rings (SSSR count). The van der Waals surface area contributed by atoms with Crippen LogP contribution in [0.15, 0.2) is 24.3 Å². The second kappa shape index (κ2) is 7.23. The average molecular weight is 329 g/mol. The Morgan fingerprint density at radius 2 is 1.96 bits per heavy atom. The van der Waals surface area contributed by atoms with E-state index in [2.05, 4.69) is 18.6 Å². The number of rotatable bonds is 4. The SMILES string of the molecule is CCC1CN(C(=O)Cc2ccc(OC(F)(F)F)cc2)CCC1C. The molecule has 2 unspecified atom stereocenters. The fraction of sp³-hybridized carbons (Fsp3) is 0.588. The first-order valence-corrected chi connectivity index (χ1v) is 7.91. The summed E-state index contributed by atoms with van der Waals surface area (Å²) in [5, 5.41) is 0. The molecule has 6 heteroatoms. The molecule has 1 saturated heterocycles. The van der Waals surface area contributed by atoms with Gasteiger partial charge in [0.2, 0.25) is 5.91 Å². The summed E-state index contributed by atoms with van der Waals surface area (Å²) in [7, 11) is 0. The van der Waals surface area contributed by atoms with Gasteiger partial charge in [-0.1, -0.05) is 32.4 Å². The van der Waals surface area contributed by atoms with E-state index in [-0.39, 0.29) is 18.1 Å². The van der Waals surface area contributed by atoms with E-state index < -0.39 is 6.36 Å². The van der Waals surface area contributed by atoms with E-state index >= 15 is 0 Å². The van der Waals surface area contributed by atoms with Crippen molar-refractivity contribution >= 4 is 5.91 Å². The Morgan fingerprint density at radius 1 is 1.30 bits per heavy atom. The molecule has 128 valence electrons. The molecule has 1 aliphatic rings. The van der Waals surface area contributed by atoms with Crippen LogP contribution in [0.4, 0.5) is 13.2 Å².